The first-order chi connectivity index (χ1) is 8.83. The average Bonchev–Trinajstić information content (AvgIpc) is 2.84. The molecule has 1 saturated carbocycles. The second kappa shape index (κ2) is 6.69. The Bertz CT molecular complexity index is 370. The van der Waals surface area contributed by atoms with Crippen LogP contribution >= 0.6 is 0 Å². The van der Waals surface area contributed by atoms with E-state index in [4.69, 9.17) is 0 Å². The molecule has 2 N–H and O–H groups in total. The number of nitrogens with one attached hydrogen (secondary N) is 1. The summed E-state index contributed by atoms with van der Waals surface area (Å²) in [5.74, 6) is 1.96. The zero-order chi connectivity index (χ0) is 12.8. The fraction of sp³-hybridized carbons (Fsp3) is 0.714. The Kier molecular flexibility index (Phi) is 4.93. The highest BCUT2D eigenvalue weighted by molar-refractivity contribution is 5.34. The van der Waals surface area contributed by atoms with Gasteiger partial charge in [-0.25, -0.2) is 9.97 Å². The lowest BCUT2D eigenvalue weighted by Crippen LogP contribution is -2.21. The van der Waals surface area contributed by atoms with Crippen molar-refractivity contribution in [1.29, 1.82) is 0 Å². The molecule has 1 fully saturated rings. The molecule has 18 heavy (non-hydrogen) atoms. The third kappa shape index (κ3) is 3.42. The van der Waals surface area contributed by atoms with Crippen LogP contribution in [0.3, 0.4) is 0 Å². The average molecular weight is 249 g/mol. The monoisotopic (exact) mass is 249 g/mol. The van der Waals surface area contributed by atoms with Crippen LogP contribution in [0.15, 0.2) is 12.4 Å². The van der Waals surface area contributed by atoms with Gasteiger partial charge in [0.1, 0.15) is 12.1 Å². The molecule has 1 aliphatic carbocycles. The van der Waals surface area contributed by atoms with E-state index in [1.165, 1.54) is 12.8 Å². The van der Waals surface area contributed by atoms with Crippen LogP contribution in [0.4, 0.5) is 5.82 Å². The van der Waals surface area contributed by atoms with Crippen LogP contribution in [0.25, 0.3) is 0 Å². The molecule has 0 aliphatic heterocycles. The minimum absolute atomic E-state index is 0.317. The van der Waals surface area contributed by atoms with Crippen molar-refractivity contribution >= 4 is 5.82 Å². The smallest absolute Gasteiger partial charge is 0.129 e. The van der Waals surface area contributed by atoms with Crippen LogP contribution in [-0.4, -0.2) is 28.2 Å². The van der Waals surface area contributed by atoms with Crippen LogP contribution in [0.2, 0.25) is 0 Å². The lowest BCUT2D eigenvalue weighted by Gasteiger charge is -2.18. The standard InChI is InChI=1S/C14H23N3O/c1-2-4-13-7-14(17-10-16-13)15-8-11-5-3-6-12(11)9-18/h7,10-12,18H,2-6,8-9H2,1H3,(H,15,16,17). The van der Waals surface area contributed by atoms with Gasteiger partial charge in [0.25, 0.3) is 0 Å². The lowest BCUT2D eigenvalue weighted by atomic mass is 9.97. The SMILES string of the molecule is CCCc1cc(NCC2CCCC2CO)ncn1. The van der Waals surface area contributed by atoms with E-state index in [0.29, 0.717) is 18.4 Å². The van der Waals surface area contributed by atoms with Gasteiger partial charge in [0.15, 0.2) is 0 Å². The lowest BCUT2D eigenvalue weighted by molar-refractivity contribution is 0.199. The Labute approximate surface area is 109 Å². The summed E-state index contributed by atoms with van der Waals surface area (Å²) in [5, 5.41) is 12.7. The number of nitrogens with zero attached hydrogens (tertiary/aromatic N) is 2. The predicted octanol–water partition coefficient (Wildman–Crippen LogP) is 2.25. The highest BCUT2D eigenvalue weighted by Crippen LogP contribution is 2.31. The number of hydrogen-bond donors (Lipinski definition) is 2. The summed E-state index contributed by atoms with van der Waals surface area (Å²) < 4.78 is 0. The molecule has 0 radical (unpaired) electrons. The van der Waals surface area contributed by atoms with Crippen molar-refractivity contribution in [3.8, 4) is 0 Å². The molecule has 1 aromatic heterocycles. The van der Waals surface area contributed by atoms with Crippen LogP contribution in [0, 0.1) is 11.8 Å². The van der Waals surface area contributed by atoms with E-state index in [9.17, 15) is 5.11 Å². The van der Waals surface area contributed by atoms with E-state index in [0.717, 1.165) is 37.3 Å². The molecule has 1 aromatic rings. The van der Waals surface area contributed by atoms with Gasteiger partial charge in [0, 0.05) is 24.9 Å². The molecule has 100 valence electrons. The van der Waals surface area contributed by atoms with E-state index in [-0.39, 0.29) is 0 Å². The van der Waals surface area contributed by atoms with Gasteiger partial charge >= 0.3 is 0 Å². The Morgan fingerprint density at radius 1 is 1.33 bits per heavy atom. The maximum atomic E-state index is 9.29. The van der Waals surface area contributed by atoms with Crippen molar-refractivity contribution in [3.63, 3.8) is 0 Å². The number of aliphatic hydroxyl groups excluding tert-OH is 1. The van der Waals surface area contributed by atoms with Crippen molar-refractivity contribution in [2.24, 2.45) is 11.8 Å². The van der Waals surface area contributed by atoms with Crippen molar-refractivity contribution < 1.29 is 5.11 Å². The molecule has 0 bridgehead atoms. The Morgan fingerprint density at radius 3 is 2.94 bits per heavy atom. The third-order valence-corrected chi connectivity index (χ3v) is 3.83. The first-order valence-corrected chi connectivity index (χ1v) is 6.99. The number of aryl methyl sites for hydroxylation is 1. The molecule has 1 heterocycles. The van der Waals surface area contributed by atoms with Crippen LogP contribution in [0.5, 0.6) is 0 Å². The summed E-state index contributed by atoms with van der Waals surface area (Å²) in [6, 6.07) is 2.03. The molecule has 0 amide bonds. The van der Waals surface area contributed by atoms with Crippen LogP contribution in [0.1, 0.15) is 38.3 Å². The predicted molar refractivity (Wildman–Crippen MR) is 72.4 cm³/mol. The van der Waals surface area contributed by atoms with Crippen molar-refractivity contribution in [1.82, 2.24) is 9.97 Å². The number of rotatable bonds is 6. The Hall–Kier alpha value is -1.16. The molecular formula is C14H23N3O. The number of aromatic nitrogens is 2. The second-order valence-electron chi connectivity index (χ2n) is 5.16. The van der Waals surface area contributed by atoms with Crippen molar-refractivity contribution in [2.75, 3.05) is 18.5 Å². The van der Waals surface area contributed by atoms with Crippen LogP contribution in [-0.2, 0) is 6.42 Å². The number of anilines is 1. The van der Waals surface area contributed by atoms with Gasteiger partial charge in [-0.05, 0) is 31.1 Å². The van der Waals surface area contributed by atoms with E-state index in [1.807, 2.05) is 6.07 Å². The van der Waals surface area contributed by atoms with Crippen molar-refractivity contribution in [3.05, 3.63) is 18.1 Å². The molecular weight excluding hydrogens is 226 g/mol. The third-order valence-electron chi connectivity index (χ3n) is 3.83. The molecule has 2 unspecified atom stereocenters. The topological polar surface area (TPSA) is 58.0 Å². The minimum Gasteiger partial charge on any atom is -0.396 e. The summed E-state index contributed by atoms with van der Waals surface area (Å²) in [7, 11) is 0. The largest absolute Gasteiger partial charge is 0.396 e. The quantitative estimate of drug-likeness (QED) is 0.812. The second-order valence-corrected chi connectivity index (χ2v) is 5.16. The van der Waals surface area contributed by atoms with Gasteiger partial charge in [0.05, 0.1) is 0 Å². The van der Waals surface area contributed by atoms with Gasteiger partial charge in [-0.3, -0.25) is 0 Å². The van der Waals surface area contributed by atoms with Crippen LogP contribution < -0.4 is 5.32 Å². The first kappa shape index (κ1) is 13.3. The molecule has 0 aromatic carbocycles. The fourth-order valence-corrected chi connectivity index (χ4v) is 2.75. The molecule has 2 atom stereocenters. The summed E-state index contributed by atoms with van der Waals surface area (Å²) in [4.78, 5) is 8.50. The maximum absolute atomic E-state index is 9.29. The molecule has 4 heteroatoms. The zero-order valence-corrected chi connectivity index (χ0v) is 11.1. The Morgan fingerprint density at radius 2 is 2.17 bits per heavy atom. The molecule has 4 nitrogen and oxygen atoms in total. The van der Waals surface area contributed by atoms with Gasteiger partial charge < -0.3 is 10.4 Å². The van der Waals surface area contributed by atoms with E-state index in [1.54, 1.807) is 6.33 Å². The molecule has 0 spiro atoms. The summed E-state index contributed by atoms with van der Waals surface area (Å²) >= 11 is 0. The number of aliphatic hydroxyl groups is 1. The molecule has 1 aliphatic rings. The van der Waals surface area contributed by atoms with E-state index in [2.05, 4.69) is 22.2 Å². The van der Waals surface area contributed by atoms with Gasteiger partial charge in [0.2, 0.25) is 0 Å². The van der Waals surface area contributed by atoms with E-state index >= 15 is 0 Å². The van der Waals surface area contributed by atoms with Gasteiger partial charge in [-0.15, -0.1) is 0 Å². The zero-order valence-electron chi connectivity index (χ0n) is 11.1. The minimum atomic E-state index is 0.317. The maximum Gasteiger partial charge on any atom is 0.129 e. The van der Waals surface area contributed by atoms with E-state index < -0.39 is 0 Å². The van der Waals surface area contributed by atoms with Gasteiger partial charge in [-0.1, -0.05) is 19.8 Å². The summed E-state index contributed by atoms with van der Waals surface area (Å²) in [6.45, 7) is 3.38. The molecule has 2 rings (SSSR count). The normalized spacial score (nSPS) is 23.2. The summed E-state index contributed by atoms with van der Waals surface area (Å²) in [6.07, 6.45) is 7.35. The molecule has 0 saturated heterocycles. The highest BCUT2D eigenvalue weighted by Gasteiger charge is 2.26. The Balaban J connectivity index is 1.87. The fourth-order valence-electron chi connectivity index (χ4n) is 2.75. The first-order valence-electron chi connectivity index (χ1n) is 6.99. The van der Waals surface area contributed by atoms with Crippen molar-refractivity contribution in [2.45, 2.75) is 39.0 Å². The summed E-state index contributed by atoms with van der Waals surface area (Å²) in [5.41, 5.74) is 1.10. The highest BCUT2D eigenvalue weighted by atomic mass is 16.3. The number of hydrogen-bond acceptors (Lipinski definition) is 4. The van der Waals surface area contributed by atoms with Gasteiger partial charge in [-0.2, -0.15) is 0 Å².